The van der Waals surface area contributed by atoms with Gasteiger partial charge in [-0.15, -0.1) is 0 Å². The van der Waals surface area contributed by atoms with E-state index in [1.807, 2.05) is 6.20 Å². The van der Waals surface area contributed by atoms with Crippen LogP contribution < -0.4 is 0 Å². The SMILES string of the molecule is BC(B)(c1ccnc(-c2ccccc2C)c1)C(C)(C)C. The Morgan fingerprint density at radius 3 is 2.25 bits per heavy atom. The maximum Gasteiger partial charge on any atom is 0.105 e. The Bertz CT molecular complexity index is 612. The summed E-state index contributed by atoms with van der Waals surface area (Å²) in [7, 11) is 4.62. The van der Waals surface area contributed by atoms with Gasteiger partial charge in [0.2, 0.25) is 0 Å². The smallest absolute Gasteiger partial charge is 0.105 e. The maximum absolute atomic E-state index is 4.57. The molecular formula is C17H23B2N. The average Bonchev–Trinajstić information content (AvgIpc) is 2.38. The van der Waals surface area contributed by atoms with E-state index in [1.165, 1.54) is 16.7 Å². The summed E-state index contributed by atoms with van der Waals surface area (Å²) in [4.78, 5) is 4.57. The summed E-state index contributed by atoms with van der Waals surface area (Å²) in [6, 6.07) is 12.8. The summed E-state index contributed by atoms with van der Waals surface area (Å²) in [5.41, 5.74) is 5.11. The molecule has 0 N–H and O–H groups in total. The van der Waals surface area contributed by atoms with E-state index in [0.29, 0.717) is 0 Å². The Hall–Kier alpha value is -1.50. The van der Waals surface area contributed by atoms with Crippen molar-refractivity contribution in [3.05, 3.63) is 53.7 Å². The van der Waals surface area contributed by atoms with Crippen LogP contribution in [0.2, 0.25) is 0 Å². The molecule has 0 saturated carbocycles. The fourth-order valence-electron chi connectivity index (χ4n) is 2.26. The van der Waals surface area contributed by atoms with Gasteiger partial charge in [-0.3, -0.25) is 4.98 Å². The predicted molar refractivity (Wildman–Crippen MR) is 92.6 cm³/mol. The van der Waals surface area contributed by atoms with Crippen molar-refractivity contribution in [1.82, 2.24) is 4.98 Å². The van der Waals surface area contributed by atoms with E-state index in [0.717, 1.165) is 5.69 Å². The summed E-state index contributed by atoms with van der Waals surface area (Å²) in [5.74, 6) is 0. The van der Waals surface area contributed by atoms with E-state index in [9.17, 15) is 0 Å². The van der Waals surface area contributed by atoms with Gasteiger partial charge in [0.05, 0.1) is 5.69 Å². The van der Waals surface area contributed by atoms with E-state index in [2.05, 4.69) is 84.8 Å². The van der Waals surface area contributed by atoms with Crippen LogP contribution >= 0.6 is 0 Å². The van der Waals surface area contributed by atoms with Gasteiger partial charge in [0.1, 0.15) is 15.7 Å². The molecule has 2 aromatic rings. The molecule has 0 aliphatic rings. The van der Waals surface area contributed by atoms with Crippen LogP contribution in [0.25, 0.3) is 11.3 Å². The molecule has 1 heterocycles. The summed E-state index contributed by atoms with van der Waals surface area (Å²) < 4.78 is 0. The van der Waals surface area contributed by atoms with Crippen LogP contribution in [0, 0.1) is 12.3 Å². The van der Waals surface area contributed by atoms with Crippen molar-refractivity contribution >= 4 is 15.7 Å². The number of aromatic nitrogens is 1. The molecule has 1 aromatic heterocycles. The molecule has 2 rings (SSSR count). The number of rotatable bonds is 2. The van der Waals surface area contributed by atoms with Gasteiger partial charge < -0.3 is 0 Å². The summed E-state index contributed by atoms with van der Waals surface area (Å²) in [5, 5.41) is 0.105. The number of hydrogen-bond acceptors (Lipinski definition) is 1. The lowest BCUT2D eigenvalue weighted by atomic mass is 9.41. The first-order chi connectivity index (χ1) is 9.23. The van der Waals surface area contributed by atoms with Crippen molar-refractivity contribution in [2.24, 2.45) is 5.41 Å². The van der Waals surface area contributed by atoms with Crippen LogP contribution in [0.5, 0.6) is 0 Å². The highest BCUT2D eigenvalue weighted by atomic mass is 14.7. The van der Waals surface area contributed by atoms with Crippen LogP contribution in [0.4, 0.5) is 0 Å². The highest BCUT2D eigenvalue weighted by molar-refractivity contribution is 6.40. The second-order valence-electron chi connectivity index (χ2n) is 7.12. The van der Waals surface area contributed by atoms with Gasteiger partial charge in [-0.2, -0.15) is 0 Å². The number of hydrogen-bond donors (Lipinski definition) is 0. The Morgan fingerprint density at radius 1 is 1.00 bits per heavy atom. The molecule has 0 atom stereocenters. The van der Waals surface area contributed by atoms with Crippen LogP contribution in [-0.4, -0.2) is 20.7 Å². The fourth-order valence-corrected chi connectivity index (χ4v) is 2.26. The molecule has 20 heavy (non-hydrogen) atoms. The maximum atomic E-state index is 4.57. The Morgan fingerprint density at radius 2 is 1.65 bits per heavy atom. The van der Waals surface area contributed by atoms with Crippen molar-refractivity contribution in [3.8, 4) is 11.3 Å². The first-order valence-electron chi connectivity index (χ1n) is 7.26. The molecule has 1 nitrogen and oxygen atoms in total. The zero-order valence-corrected chi connectivity index (χ0v) is 13.5. The molecule has 0 saturated heterocycles. The molecular weight excluding hydrogens is 240 g/mol. The number of benzene rings is 1. The van der Waals surface area contributed by atoms with Crippen molar-refractivity contribution in [2.45, 2.75) is 32.9 Å². The van der Waals surface area contributed by atoms with Gasteiger partial charge in [0.25, 0.3) is 0 Å². The second kappa shape index (κ2) is 5.12. The van der Waals surface area contributed by atoms with Gasteiger partial charge in [-0.1, -0.05) is 55.8 Å². The van der Waals surface area contributed by atoms with Crippen molar-refractivity contribution in [3.63, 3.8) is 0 Å². The van der Waals surface area contributed by atoms with Crippen LogP contribution in [-0.2, 0) is 5.21 Å². The third-order valence-electron chi connectivity index (χ3n) is 4.78. The molecule has 0 aliphatic heterocycles. The van der Waals surface area contributed by atoms with E-state index in [1.54, 1.807) is 0 Å². The quantitative estimate of drug-likeness (QED) is 0.758. The van der Waals surface area contributed by atoms with E-state index >= 15 is 0 Å². The van der Waals surface area contributed by atoms with Crippen LogP contribution in [0.15, 0.2) is 42.6 Å². The average molecular weight is 263 g/mol. The molecule has 102 valence electrons. The van der Waals surface area contributed by atoms with E-state index in [-0.39, 0.29) is 10.6 Å². The van der Waals surface area contributed by atoms with Crippen molar-refractivity contribution < 1.29 is 0 Å². The Kier molecular flexibility index (Phi) is 3.82. The Balaban J connectivity index is 2.52. The molecule has 0 radical (unpaired) electrons. The summed E-state index contributed by atoms with van der Waals surface area (Å²) in [6.07, 6.45) is 1.94. The van der Waals surface area contributed by atoms with Crippen LogP contribution in [0.3, 0.4) is 0 Å². The molecule has 0 spiro atoms. The topological polar surface area (TPSA) is 12.9 Å². The van der Waals surface area contributed by atoms with Crippen LogP contribution in [0.1, 0.15) is 31.9 Å². The minimum atomic E-state index is 0.105. The van der Waals surface area contributed by atoms with E-state index < -0.39 is 0 Å². The highest BCUT2D eigenvalue weighted by Gasteiger charge is 2.34. The van der Waals surface area contributed by atoms with Crippen molar-refractivity contribution in [1.29, 1.82) is 0 Å². The summed E-state index contributed by atoms with van der Waals surface area (Å²) in [6.45, 7) is 9.02. The monoisotopic (exact) mass is 263 g/mol. The Labute approximate surface area is 124 Å². The first-order valence-corrected chi connectivity index (χ1v) is 7.26. The van der Waals surface area contributed by atoms with Gasteiger partial charge >= 0.3 is 0 Å². The standard InChI is InChI=1S/C17H23B2N/c1-12-7-5-6-8-14(12)15-11-13(9-10-20-15)17(18,19)16(2,3)4/h5-11H,18-19H2,1-4H3. The number of nitrogens with zero attached hydrogens (tertiary/aromatic N) is 1. The van der Waals surface area contributed by atoms with Gasteiger partial charge in [0.15, 0.2) is 0 Å². The molecule has 0 bridgehead atoms. The zero-order chi connectivity index (χ0) is 15.0. The summed E-state index contributed by atoms with van der Waals surface area (Å²) >= 11 is 0. The van der Waals surface area contributed by atoms with Crippen molar-refractivity contribution in [2.75, 3.05) is 0 Å². The minimum absolute atomic E-state index is 0.105. The third-order valence-corrected chi connectivity index (χ3v) is 4.78. The molecule has 1 aromatic carbocycles. The lowest BCUT2D eigenvalue weighted by Gasteiger charge is -2.40. The first kappa shape index (κ1) is 14.9. The lowest BCUT2D eigenvalue weighted by Crippen LogP contribution is -2.41. The van der Waals surface area contributed by atoms with E-state index in [4.69, 9.17) is 0 Å². The lowest BCUT2D eigenvalue weighted by molar-refractivity contribution is 0.358. The molecule has 0 unspecified atom stereocenters. The third kappa shape index (κ3) is 2.67. The number of pyridine rings is 1. The second-order valence-corrected chi connectivity index (χ2v) is 7.12. The minimum Gasteiger partial charge on any atom is -0.256 e. The fraction of sp³-hybridized carbons (Fsp3) is 0.353. The highest BCUT2D eigenvalue weighted by Crippen LogP contribution is 2.37. The number of aryl methyl sites for hydroxylation is 1. The van der Waals surface area contributed by atoms with Gasteiger partial charge in [0, 0.05) is 11.8 Å². The largest absolute Gasteiger partial charge is 0.256 e. The molecule has 0 aliphatic carbocycles. The molecule has 0 amide bonds. The molecule has 0 fully saturated rings. The van der Waals surface area contributed by atoms with Gasteiger partial charge in [-0.05, 0) is 30.0 Å². The predicted octanol–water partition coefficient (Wildman–Crippen LogP) is 2.52. The van der Waals surface area contributed by atoms with Gasteiger partial charge in [-0.25, -0.2) is 0 Å². The zero-order valence-electron chi connectivity index (χ0n) is 13.5. The molecule has 3 heteroatoms. The normalized spacial score (nSPS) is 12.4.